The summed E-state index contributed by atoms with van der Waals surface area (Å²) in [5, 5.41) is 1.97. The first kappa shape index (κ1) is 15.5. The number of hydrogen-bond acceptors (Lipinski definition) is 6. The van der Waals surface area contributed by atoms with E-state index in [0.29, 0.717) is 11.5 Å². The van der Waals surface area contributed by atoms with E-state index < -0.39 is 0 Å². The Balaban J connectivity index is 1.78. The summed E-state index contributed by atoms with van der Waals surface area (Å²) in [5.74, 6) is 2.08. The molecule has 122 valence electrons. The molecule has 0 bridgehead atoms. The zero-order valence-corrected chi connectivity index (χ0v) is 15.9. The average Bonchev–Trinajstić information content (AvgIpc) is 3.08. The van der Waals surface area contributed by atoms with E-state index in [1.165, 1.54) is 2.47 Å². The summed E-state index contributed by atoms with van der Waals surface area (Å²) in [6.07, 6.45) is 5.77. The molecule has 3 heterocycles. The molecule has 0 saturated carbocycles. The van der Waals surface area contributed by atoms with Crippen LogP contribution < -0.4 is 19.6 Å². The zero-order valence-electron chi connectivity index (χ0n) is 12.9. The summed E-state index contributed by atoms with van der Waals surface area (Å²) in [6.45, 7) is 0. The van der Waals surface area contributed by atoms with Crippen molar-refractivity contribution in [3.8, 4) is 17.2 Å². The molecule has 0 aliphatic carbocycles. The Bertz CT molecular complexity index is 1080. The molecule has 0 N–H and O–H groups in total. The van der Waals surface area contributed by atoms with Crippen molar-refractivity contribution in [3.05, 3.63) is 47.6 Å². The monoisotopic (exact) mass is 452 g/mol. The molecule has 2 aromatic heterocycles. The predicted octanol–water partition coefficient (Wildman–Crippen LogP) is 3.64. The molecule has 24 heavy (non-hydrogen) atoms. The van der Waals surface area contributed by atoms with Crippen LogP contribution in [0.2, 0.25) is 0 Å². The Morgan fingerprint density at radius 3 is 2.67 bits per heavy atom. The van der Waals surface area contributed by atoms with E-state index in [0.717, 1.165) is 25.8 Å². The van der Waals surface area contributed by atoms with Crippen LogP contribution in [0.4, 0.5) is 0 Å². The van der Waals surface area contributed by atoms with Gasteiger partial charge in [-0.05, 0) is 45.0 Å². The first-order valence-corrected chi connectivity index (χ1v) is 10.1. The highest BCUT2D eigenvalue weighted by Gasteiger charge is 2.12. The number of fused-ring (bicyclic) bond motifs is 2. The van der Waals surface area contributed by atoms with Gasteiger partial charge in [-0.2, -0.15) is 0 Å². The number of hydrogen-bond donors (Lipinski definition) is 0. The van der Waals surface area contributed by atoms with E-state index in [4.69, 9.17) is 14.2 Å². The van der Waals surface area contributed by atoms with Gasteiger partial charge in [-0.1, -0.05) is 0 Å². The lowest BCUT2D eigenvalue weighted by molar-refractivity contribution is 0.355. The molecule has 0 fully saturated rings. The van der Waals surface area contributed by atoms with E-state index in [1.807, 2.05) is 35.9 Å². The largest absolute Gasteiger partial charge is 0.493 e. The van der Waals surface area contributed by atoms with Gasteiger partial charge in [0.2, 0.25) is 0 Å². The third kappa shape index (κ3) is 2.78. The van der Waals surface area contributed by atoms with E-state index in [-0.39, 0.29) is 20.7 Å². The van der Waals surface area contributed by atoms with Crippen molar-refractivity contribution in [1.29, 1.82) is 0 Å². The summed E-state index contributed by atoms with van der Waals surface area (Å²) in [4.78, 5) is 8.74. The number of aromatic nitrogens is 2. The smallest absolute Gasteiger partial charge is 0.162 e. The van der Waals surface area contributed by atoms with Crippen molar-refractivity contribution in [1.82, 2.24) is 9.97 Å². The summed E-state index contributed by atoms with van der Waals surface area (Å²) in [7, 11) is 3.24. The third-order valence-corrected chi connectivity index (χ3v) is 7.58. The predicted molar refractivity (Wildman–Crippen MR) is 103 cm³/mol. The van der Waals surface area contributed by atoms with Gasteiger partial charge in [0.05, 0.1) is 33.1 Å². The van der Waals surface area contributed by atoms with Gasteiger partial charge in [0, 0.05) is 17.6 Å². The fourth-order valence-corrected chi connectivity index (χ4v) is 5.94. The minimum absolute atomic E-state index is 0.350. The summed E-state index contributed by atoms with van der Waals surface area (Å²) >= 11 is 1.34. The van der Waals surface area contributed by atoms with E-state index in [1.54, 1.807) is 31.8 Å². The fourth-order valence-electron chi connectivity index (χ4n) is 2.38. The fraction of sp³-hybridized carbons (Fsp3) is 0.118. The minimum atomic E-state index is -0.350. The second kappa shape index (κ2) is 6.48. The van der Waals surface area contributed by atoms with Crippen LogP contribution in [-0.4, -0.2) is 24.2 Å². The van der Waals surface area contributed by atoms with Gasteiger partial charge in [-0.15, -0.1) is 11.3 Å². The number of benzene rings is 1. The van der Waals surface area contributed by atoms with Crippen LogP contribution in [0.25, 0.3) is 17.0 Å². The van der Waals surface area contributed by atoms with Crippen LogP contribution in [-0.2, 0) is 0 Å². The van der Waals surface area contributed by atoms with Crippen LogP contribution in [0.5, 0.6) is 17.2 Å². The van der Waals surface area contributed by atoms with Gasteiger partial charge in [0.25, 0.3) is 0 Å². The molecule has 5 nitrogen and oxygen atoms in total. The van der Waals surface area contributed by atoms with Crippen LogP contribution in [0.3, 0.4) is 0 Å². The van der Waals surface area contributed by atoms with E-state index in [9.17, 15) is 0 Å². The lowest BCUT2D eigenvalue weighted by Crippen LogP contribution is -2.03. The maximum atomic E-state index is 6.19. The highest BCUT2D eigenvalue weighted by molar-refractivity contribution is 14.2. The van der Waals surface area contributed by atoms with Gasteiger partial charge in [0.15, 0.2) is 15.3 Å². The van der Waals surface area contributed by atoms with Gasteiger partial charge >= 0.3 is 0 Å². The highest BCUT2D eigenvalue weighted by Crippen LogP contribution is 2.37. The van der Waals surface area contributed by atoms with E-state index in [2.05, 4.69) is 9.97 Å². The number of allylic oxidation sites excluding steroid dienone is 1. The second-order valence-corrected chi connectivity index (χ2v) is 9.15. The maximum Gasteiger partial charge on any atom is 0.162 e. The molecule has 1 aromatic carbocycles. The molecular formula is C17H13IN2O3S. The summed E-state index contributed by atoms with van der Waals surface area (Å²) in [5.41, 5.74) is 2.69. The summed E-state index contributed by atoms with van der Waals surface area (Å²) in [6, 6.07) is 5.64. The van der Waals surface area contributed by atoms with Crippen LogP contribution in [0, 0.1) is 2.47 Å². The number of halogens is 1. The van der Waals surface area contributed by atoms with Crippen LogP contribution in [0.15, 0.2) is 39.7 Å². The number of nitrogens with zero attached hydrogens (tertiary/aromatic N) is 2. The molecule has 1 aliphatic rings. The zero-order chi connectivity index (χ0) is 16.5. The summed E-state index contributed by atoms with van der Waals surface area (Å²) < 4.78 is 19.2. The molecule has 0 radical (unpaired) electrons. The van der Waals surface area contributed by atoms with Gasteiger partial charge < -0.3 is 14.2 Å². The second-order valence-electron chi connectivity index (χ2n) is 4.88. The van der Waals surface area contributed by atoms with Crippen molar-refractivity contribution < 1.29 is 14.2 Å². The topological polar surface area (TPSA) is 53.5 Å². The van der Waals surface area contributed by atoms with E-state index >= 15 is 0 Å². The first-order valence-electron chi connectivity index (χ1n) is 7.10. The van der Waals surface area contributed by atoms with Crippen molar-refractivity contribution in [2.24, 2.45) is 0 Å². The van der Waals surface area contributed by atoms with Crippen molar-refractivity contribution in [2.45, 2.75) is 0 Å². The molecule has 4 rings (SSSR count). The Labute approximate surface area is 152 Å². The lowest BCUT2D eigenvalue weighted by Gasteiger charge is -2.12. The molecule has 0 atom stereocenters. The number of methoxy groups -OCH3 is 2. The van der Waals surface area contributed by atoms with Crippen LogP contribution >= 0.6 is 32.1 Å². The Morgan fingerprint density at radius 1 is 1.00 bits per heavy atom. The standard InChI is InChI=1S/C17H13IN2O3S/c1-21-14-7-10-12(8-15(14)22-2)19-6-5-13(10)23-16-4-3-11-17(18-16)24-9-20-11/h3-9H,1-2H3. The normalized spacial score (nSPS) is 13.0. The first-order chi connectivity index (χ1) is 11.8. The molecule has 0 amide bonds. The lowest BCUT2D eigenvalue weighted by atomic mass is 10.2. The molecule has 0 saturated heterocycles. The van der Waals surface area contributed by atoms with Gasteiger partial charge in [-0.3, -0.25) is 4.98 Å². The Hall–Kier alpha value is -2.00. The van der Waals surface area contributed by atoms with Crippen molar-refractivity contribution >= 4 is 49.0 Å². The average molecular weight is 452 g/mol. The quantitative estimate of drug-likeness (QED) is 0.566. The molecular weight excluding hydrogens is 439 g/mol. The van der Waals surface area contributed by atoms with Gasteiger partial charge in [-0.25, -0.2) is 4.98 Å². The number of pyridine rings is 1. The highest BCUT2D eigenvalue weighted by atomic mass is 127. The van der Waals surface area contributed by atoms with Crippen molar-refractivity contribution in [2.75, 3.05) is 14.2 Å². The molecule has 0 unspecified atom stereocenters. The minimum Gasteiger partial charge on any atom is -0.493 e. The number of ether oxygens (including phenoxy) is 3. The Morgan fingerprint density at radius 2 is 1.83 bits per heavy atom. The molecule has 1 aliphatic heterocycles. The van der Waals surface area contributed by atoms with Crippen LogP contribution in [0.1, 0.15) is 0 Å². The van der Waals surface area contributed by atoms with Crippen molar-refractivity contribution in [3.63, 3.8) is 0 Å². The third-order valence-electron chi connectivity index (χ3n) is 3.51. The van der Waals surface area contributed by atoms with Gasteiger partial charge in [0.1, 0.15) is 5.75 Å². The number of thiazole rings is 1. The molecule has 7 heteroatoms. The molecule has 3 aromatic rings. The maximum absolute atomic E-state index is 6.19. The number of rotatable bonds is 4. The SMILES string of the molecule is COc1cc2nccc(OC3=CC=c4ncsc4=I3)c2cc1OC. The molecule has 0 spiro atoms. The Kier molecular flexibility index (Phi) is 4.19.